The number of oxazole rings is 1. The molecule has 1 aromatic heterocycles. The van der Waals surface area contributed by atoms with Gasteiger partial charge in [0.25, 0.3) is 0 Å². The topological polar surface area (TPSA) is 68.9 Å². The number of hydrogen-bond acceptors (Lipinski definition) is 5. The van der Waals surface area contributed by atoms with Crippen molar-refractivity contribution in [3.63, 3.8) is 0 Å². The molecule has 0 saturated carbocycles. The molecule has 2 N–H and O–H groups in total. The minimum Gasteiger partial charge on any atom is -0.443 e. The predicted octanol–water partition coefficient (Wildman–Crippen LogP) is 1.89. The average Bonchev–Trinajstić information content (AvgIpc) is 3.08. The zero-order valence-electron chi connectivity index (χ0n) is 16.8. The molecule has 0 bridgehead atoms. The van der Waals surface area contributed by atoms with Gasteiger partial charge in [0.15, 0.2) is 5.96 Å². The summed E-state index contributed by atoms with van der Waals surface area (Å²) in [7, 11) is 1.78. The van der Waals surface area contributed by atoms with Gasteiger partial charge in [-0.25, -0.2) is 4.98 Å². The number of hydrogen-bond donors (Lipinski definition) is 2. The minimum absolute atomic E-state index is 0. The third kappa shape index (κ3) is 7.40. The molecule has 0 aliphatic carbocycles. The van der Waals surface area contributed by atoms with Crippen molar-refractivity contribution in [1.82, 2.24) is 25.4 Å². The minimum atomic E-state index is -0.0209. The van der Waals surface area contributed by atoms with Crippen molar-refractivity contribution >= 4 is 29.9 Å². The average molecular weight is 478 g/mol. The SMILES string of the molecule is CCN1CCN(CCNC(=NC)NCc2ncc(C(C)(C)C)o2)CC1.I. The highest BCUT2D eigenvalue weighted by molar-refractivity contribution is 14.0. The molecule has 150 valence electrons. The smallest absolute Gasteiger partial charge is 0.213 e. The fourth-order valence-corrected chi connectivity index (χ4v) is 2.78. The van der Waals surface area contributed by atoms with E-state index in [1.165, 1.54) is 13.1 Å². The number of likely N-dealkylation sites (N-methyl/N-ethyl adjacent to an activating group) is 1. The third-order valence-corrected chi connectivity index (χ3v) is 4.56. The van der Waals surface area contributed by atoms with Crippen LogP contribution in [0, 0.1) is 0 Å². The second-order valence-corrected chi connectivity index (χ2v) is 7.50. The summed E-state index contributed by atoms with van der Waals surface area (Å²) < 4.78 is 5.79. The lowest BCUT2D eigenvalue weighted by Crippen LogP contribution is -2.49. The van der Waals surface area contributed by atoms with E-state index in [0.717, 1.165) is 44.4 Å². The van der Waals surface area contributed by atoms with Gasteiger partial charge in [-0.1, -0.05) is 27.7 Å². The van der Waals surface area contributed by atoms with Gasteiger partial charge in [-0.2, -0.15) is 0 Å². The van der Waals surface area contributed by atoms with Crippen LogP contribution in [0.3, 0.4) is 0 Å². The number of halogens is 1. The Kier molecular flexibility index (Phi) is 9.88. The van der Waals surface area contributed by atoms with Crippen LogP contribution in [0.25, 0.3) is 0 Å². The van der Waals surface area contributed by atoms with Crippen LogP contribution in [0.1, 0.15) is 39.3 Å². The molecule has 8 heteroatoms. The van der Waals surface area contributed by atoms with Gasteiger partial charge in [0, 0.05) is 51.7 Å². The van der Waals surface area contributed by atoms with E-state index < -0.39 is 0 Å². The number of nitrogens with one attached hydrogen (secondary N) is 2. The van der Waals surface area contributed by atoms with Crippen molar-refractivity contribution in [3.8, 4) is 0 Å². The highest BCUT2D eigenvalue weighted by atomic mass is 127. The normalized spacial score (nSPS) is 17.0. The Balaban J connectivity index is 0.00000338. The van der Waals surface area contributed by atoms with E-state index in [1.54, 1.807) is 7.05 Å². The highest BCUT2D eigenvalue weighted by Gasteiger charge is 2.19. The first-order chi connectivity index (χ1) is 11.9. The molecule has 1 aromatic rings. The highest BCUT2D eigenvalue weighted by Crippen LogP contribution is 2.22. The molecule has 7 nitrogen and oxygen atoms in total. The van der Waals surface area contributed by atoms with E-state index in [1.807, 2.05) is 6.20 Å². The fraction of sp³-hybridized carbons (Fsp3) is 0.778. The summed E-state index contributed by atoms with van der Waals surface area (Å²) in [5.41, 5.74) is -0.0209. The number of guanidine groups is 1. The van der Waals surface area contributed by atoms with Crippen molar-refractivity contribution in [2.24, 2.45) is 4.99 Å². The largest absolute Gasteiger partial charge is 0.443 e. The van der Waals surface area contributed by atoms with E-state index in [4.69, 9.17) is 4.42 Å². The maximum atomic E-state index is 5.79. The number of rotatable bonds is 6. The fourth-order valence-electron chi connectivity index (χ4n) is 2.78. The molecule has 0 spiro atoms. The van der Waals surface area contributed by atoms with Crippen molar-refractivity contribution in [3.05, 3.63) is 17.8 Å². The molecule has 0 unspecified atom stereocenters. The Morgan fingerprint density at radius 3 is 2.38 bits per heavy atom. The van der Waals surface area contributed by atoms with Crippen LogP contribution in [-0.4, -0.2) is 73.6 Å². The maximum Gasteiger partial charge on any atom is 0.213 e. The first-order valence-electron chi connectivity index (χ1n) is 9.26. The number of nitrogens with zero attached hydrogens (tertiary/aromatic N) is 4. The Morgan fingerprint density at radius 2 is 1.85 bits per heavy atom. The van der Waals surface area contributed by atoms with E-state index in [9.17, 15) is 0 Å². The lowest BCUT2D eigenvalue weighted by molar-refractivity contribution is 0.139. The molecule has 26 heavy (non-hydrogen) atoms. The Hall–Kier alpha value is -0.870. The lowest BCUT2D eigenvalue weighted by atomic mass is 9.94. The predicted molar refractivity (Wildman–Crippen MR) is 117 cm³/mol. The first-order valence-corrected chi connectivity index (χ1v) is 9.26. The second-order valence-electron chi connectivity index (χ2n) is 7.50. The van der Waals surface area contributed by atoms with E-state index in [2.05, 4.69) is 58.1 Å². The van der Waals surface area contributed by atoms with Crippen LogP contribution in [0.2, 0.25) is 0 Å². The molecule has 2 heterocycles. The molecule has 2 rings (SSSR count). The molecule has 1 saturated heterocycles. The summed E-state index contributed by atoms with van der Waals surface area (Å²) in [5, 5.41) is 6.62. The summed E-state index contributed by atoms with van der Waals surface area (Å²) in [5.74, 6) is 2.37. The van der Waals surface area contributed by atoms with Crippen LogP contribution >= 0.6 is 24.0 Å². The number of aliphatic imine (C=N–C) groups is 1. The summed E-state index contributed by atoms with van der Waals surface area (Å²) >= 11 is 0. The Morgan fingerprint density at radius 1 is 1.19 bits per heavy atom. The van der Waals surface area contributed by atoms with Crippen molar-refractivity contribution < 1.29 is 4.42 Å². The second kappa shape index (κ2) is 11.1. The molecule has 0 amide bonds. The van der Waals surface area contributed by atoms with Crippen LogP contribution in [0.15, 0.2) is 15.6 Å². The summed E-state index contributed by atoms with van der Waals surface area (Å²) in [6.45, 7) is 16.8. The number of piperazine rings is 1. The van der Waals surface area contributed by atoms with E-state index >= 15 is 0 Å². The van der Waals surface area contributed by atoms with Gasteiger partial charge in [0.2, 0.25) is 5.89 Å². The van der Waals surface area contributed by atoms with Crippen molar-refractivity contribution in [2.45, 2.75) is 39.7 Å². The zero-order valence-corrected chi connectivity index (χ0v) is 19.2. The zero-order chi connectivity index (χ0) is 18.3. The summed E-state index contributed by atoms with van der Waals surface area (Å²) in [6, 6.07) is 0. The Bertz CT molecular complexity index is 546. The van der Waals surface area contributed by atoms with Crippen molar-refractivity contribution in [1.29, 1.82) is 0 Å². The van der Waals surface area contributed by atoms with Crippen LogP contribution in [0.4, 0.5) is 0 Å². The van der Waals surface area contributed by atoms with Crippen molar-refractivity contribution in [2.75, 3.05) is 52.9 Å². The molecule has 0 atom stereocenters. The van der Waals surface area contributed by atoms with E-state index in [-0.39, 0.29) is 29.4 Å². The molecule has 1 aliphatic rings. The van der Waals surface area contributed by atoms with Gasteiger partial charge in [-0.15, -0.1) is 24.0 Å². The molecule has 1 fully saturated rings. The quantitative estimate of drug-likeness (QED) is 0.370. The van der Waals surface area contributed by atoms with Gasteiger partial charge in [0.1, 0.15) is 5.76 Å². The van der Waals surface area contributed by atoms with Crippen LogP contribution < -0.4 is 10.6 Å². The van der Waals surface area contributed by atoms with Gasteiger partial charge >= 0.3 is 0 Å². The molecular weight excluding hydrogens is 443 g/mol. The van der Waals surface area contributed by atoms with Gasteiger partial charge in [-0.05, 0) is 6.54 Å². The first kappa shape index (κ1) is 23.2. The summed E-state index contributed by atoms with van der Waals surface area (Å²) in [4.78, 5) is 13.6. The van der Waals surface area contributed by atoms with Gasteiger partial charge in [-0.3, -0.25) is 9.89 Å². The van der Waals surface area contributed by atoms with Crippen LogP contribution in [0.5, 0.6) is 0 Å². The number of aromatic nitrogens is 1. The molecule has 0 aromatic carbocycles. The Labute approximate surface area is 175 Å². The maximum absolute atomic E-state index is 5.79. The third-order valence-electron chi connectivity index (χ3n) is 4.56. The molecular formula is C18H35IN6O. The lowest BCUT2D eigenvalue weighted by Gasteiger charge is -2.34. The van der Waals surface area contributed by atoms with Crippen LogP contribution in [-0.2, 0) is 12.0 Å². The van der Waals surface area contributed by atoms with Gasteiger partial charge in [0.05, 0.1) is 12.7 Å². The standard InChI is InChI=1S/C18H34N6O.HI/c1-6-23-9-11-24(12-10-23)8-7-20-17(19-5)22-14-16-21-13-15(25-16)18(2,3)4;/h13H,6-12,14H2,1-5H3,(H2,19,20,22);1H. The van der Waals surface area contributed by atoms with Gasteiger partial charge < -0.3 is 20.0 Å². The molecule has 0 radical (unpaired) electrons. The van der Waals surface area contributed by atoms with E-state index in [0.29, 0.717) is 12.4 Å². The monoisotopic (exact) mass is 478 g/mol. The molecule has 1 aliphatic heterocycles. The summed E-state index contributed by atoms with van der Waals surface area (Å²) in [6.07, 6.45) is 1.81.